The molecule has 0 fully saturated rings. The Kier molecular flexibility index (Phi) is 5.45. The summed E-state index contributed by atoms with van der Waals surface area (Å²) in [6, 6.07) is 9.67. The van der Waals surface area contributed by atoms with Gasteiger partial charge in [0.05, 0.1) is 13.0 Å². The van der Waals surface area contributed by atoms with Crippen molar-refractivity contribution in [2.75, 3.05) is 6.61 Å². The topological polar surface area (TPSA) is 68.3 Å². The highest BCUT2D eigenvalue weighted by molar-refractivity contribution is 7.09. The van der Waals surface area contributed by atoms with Gasteiger partial charge in [0.25, 0.3) is 0 Å². The summed E-state index contributed by atoms with van der Waals surface area (Å²) >= 11 is 1.28. The number of aromatic nitrogens is 1. The fraction of sp³-hybridized carbons (Fsp3) is 0.267. The van der Waals surface area contributed by atoms with Gasteiger partial charge in [-0.25, -0.2) is 9.78 Å². The third kappa shape index (κ3) is 4.68. The van der Waals surface area contributed by atoms with Crippen molar-refractivity contribution in [3.63, 3.8) is 0 Å². The van der Waals surface area contributed by atoms with Crippen LogP contribution in [0.5, 0.6) is 0 Å². The van der Waals surface area contributed by atoms with E-state index in [1.54, 1.807) is 12.3 Å². The summed E-state index contributed by atoms with van der Waals surface area (Å²) < 4.78 is 4.86. The highest BCUT2D eigenvalue weighted by Crippen LogP contribution is 2.11. The molecule has 1 heterocycles. The lowest BCUT2D eigenvalue weighted by Gasteiger charge is -2.03. The number of carbonyl (C=O) groups is 2. The van der Waals surface area contributed by atoms with Crippen molar-refractivity contribution < 1.29 is 14.3 Å². The predicted molar refractivity (Wildman–Crippen MR) is 80.1 cm³/mol. The minimum absolute atomic E-state index is 0.122. The zero-order valence-corrected chi connectivity index (χ0v) is 12.5. The predicted octanol–water partition coefficient (Wildman–Crippen LogP) is 2.18. The molecule has 0 atom stereocenters. The van der Waals surface area contributed by atoms with Crippen LogP contribution in [0, 0.1) is 0 Å². The van der Waals surface area contributed by atoms with E-state index in [1.165, 1.54) is 11.3 Å². The van der Waals surface area contributed by atoms with Gasteiger partial charge in [0, 0.05) is 11.9 Å². The molecule has 110 valence electrons. The molecule has 0 spiro atoms. The van der Waals surface area contributed by atoms with Crippen LogP contribution in [0.2, 0.25) is 0 Å². The van der Waals surface area contributed by atoms with Gasteiger partial charge in [-0.15, -0.1) is 11.3 Å². The third-order valence-electron chi connectivity index (χ3n) is 2.68. The second-order valence-electron chi connectivity index (χ2n) is 4.29. The Labute approximate surface area is 127 Å². The first-order valence-electron chi connectivity index (χ1n) is 6.61. The quantitative estimate of drug-likeness (QED) is 0.831. The van der Waals surface area contributed by atoms with Gasteiger partial charge in [0.2, 0.25) is 5.91 Å². The van der Waals surface area contributed by atoms with E-state index in [1.807, 2.05) is 30.3 Å². The number of hydrogen-bond donors (Lipinski definition) is 1. The molecule has 21 heavy (non-hydrogen) atoms. The lowest BCUT2D eigenvalue weighted by Crippen LogP contribution is -2.24. The molecule has 1 aromatic carbocycles. The number of rotatable bonds is 6. The van der Waals surface area contributed by atoms with Crippen LogP contribution < -0.4 is 5.32 Å². The normalized spacial score (nSPS) is 10.1. The SMILES string of the molecule is CCOC(=O)c1csc(CC(=O)NCc2ccccc2)n1. The molecule has 2 rings (SSSR count). The summed E-state index contributed by atoms with van der Waals surface area (Å²) in [7, 11) is 0. The summed E-state index contributed by atoms with van der Waals surface area (Å²) in [6.07, 6.45) is 0.164. The standard InChI is InChI=1S/C15H16N2O3S/c1-2-20-15(19)12-10-21-14(17-12)8-13(18)16-9-11-6-4-3-5-7-11/h3-7,10H,2,8-9H2,1H3,(H,16,18). The van der Waals surface area contributed by atoms with Crippen molar-refractivity contribution in [2.24, 2.45) is 0 Å². The molecule has 0 aliphatic carbocycles. The molecular formula is C15H16N2O3S. The van der Waals surface area contributed by atoms with Crippen LogP contribution in [-0.4, -0.2) is 23.5 Å². The van der Waals surface area contributed by atoms with Gasteiger partial charge in [-0.1, -0.05) is 30.3 Å². The van der Waals surface area contributed by atoms with E-state index in [-0.39, 0.29) is 18.0 Å². The number of thiazole rings is 1. The lowest BCUT2D eigenvalue weighted by molar-refractivity contribution is -0.120. The van der Waals surface area contributed by atoms with Crippen LogP contribution in [0.25, 0.3) is 0 Å². The highest BCUT2D eigenvalue weighted by atomic mass is 32.1. The molecule has 0 aliphatic rings. The molecule has 2 aromatic rings. The first kappa shape index (κ1) is 15.2. The van der Waals surface area contributed by atoms with Gasteiger partial charge in [-0.3, -0.25) is 4.79 Å². The van der Waals surface area contributed by atoms with Crippen LogP contribution >= 0.6 is 11.3 Å². The minimum Gasteiger partial charge on any atom is -0.461 e. The van der Waals surface area contributed by atoms with Crippen molar-refractivity contribution >= 4 is 23.2 Å². The Hall–Kier alpha value is -2.21. The molecule has 5 nitrogen and oxygen atoms in total. The number of nitrogens with one attached hydrogen (secondary N) is 1. The van der Waals surface area contributed by atoms with Crippen molar-refractivity contribution in [2.45, 2.75) is 19.9 Å². The zero-order chi connectivity index (χ0) is 15.1. The average molecular weight is 304 g/mol. The number of esters is 1. The minimum atomic E-state index is -0.454. The fourth-order valence-electron chi connectivity index (χ4n) is 1.69. The Bertz CT molecular complexity index is 610. The molecule has 0 saturated carbocycles. The molecular weight excluding hydrogens is 288 g/mol. The molecule has 0 saturated heterocycles. The van der Waals surface area contributed by atoms with Crippen LogP contribution in [0.1, 0.15) is 28.0 Å². The smallest absolute Gasteiger partial charge is 0.357 e. The van der Waals surface area contributed by atoms with E-state index in [0.717, 1.165) is 5.56 Å². The Balaban J connectivity index is 1.84. The van der Waals surface area contributed by atoms with Crippen LogP contribution in [0.3, 0.4) is 0 Å². The van der Waals surface area contributed by atoms with Gasteiger partial charge in [0.1, 0.15) is 5.01 Å². The van der Waals surface area contributed by atoms with E-state index in [2.05, 4.69) is 10.3 Å². The average Bonchev–Trinajstić information content (AvgIpc) is 2.95. The molecule has 0 radical (unpaired) electrons. The largest absolute Gasteiger partial charge is 0.461 e. The Morgan fingerprint density at radius 1 is 1.29 bits per heavy atom. The second kappa shape index (κ2) is 7.54. The first-order chi connectivity index (χ1) is 10.2. The Morgan fingerprint density at radius 2 is 2.05 bits per heavy atom. The van der Waals surface area contributed by atoms with E-state index in [0.29, 0.717) is 18.2 Å². The highest BCUT2D eigenvalue weighted by Gasteiger charge is 2.13. The van der Waals surface area contributed by atoms with Crippen LogP contribution in [0.4, 0.5) is 0 Å². The Morgan fingerprint density at radius 3 is 2.76 bits per heavy atom. The van der Waals surface area contributed by atoms with Gasteiger partial charge >= 0.3 is 5.97 Å². The van der Waals surface area contributed by atoms with Crippen molar-refractivity contribution in [3.8, 4) is 0 Å². The maximum atomic E-state index is 11.8. The molecule has 0 aliphatic heterocycles. The molecule has 1 N–H and O–H groups in total. The fourth-order valence-corrected chi connectivity index (χ4v) is 2.45. The van der Waals surface area contributed by atoms with Gasteiger partial charge in [0.15, 0.2) is 5.69 Å². The summed E-state index contributed by atoms with van der Waals surface area (Å²) in [5, 5.41) is 5.03. The third-order valence-corrected chi connectivity index (χ3v) is 3.53. The number of nitrogens with zero attached hydrogens (tertiary/aromatic N) is 1. The van der Waals surface area contributed by atoms with E-state index >= 15 is 0 Å². The summed E-state index contributed by atoms with van der Waals surface area (Å²) in [5.74, 6) is -0.576. The maximum absolute atomic E-state index is 11.8. The number of ether oxygens (including phenoxy) is 1. The second-order valence-corrected chi connectivity index (χ2v) is 5.23. The summed E-state index contributed by atoms with van der Waals surface area (Å²) in [4.78, 5) is 27.4. The van der Waals surface area contributed by atoms with Gasteiger partial charge in [-0.05, 0) is 12.5 Å². The molecule has 0 bridgehead atoms. The molecule has 1 aromatic heterocycles. The van der Waals surface area contributed by atoms with Crippen LogP contribution in [0.15, 0.2) is 35.7 Å². The lowest BCUT2D eigenvalue weighted by atomic mass is 10.2. The van der Waals surface area contributed by atoms with Gasteiger partial charge in [-0.2, -0.15) is 0 Å². The zero-order valence-electron chi connectivity index (χ0n) is 11.7. The number of amides is 1. The van der Waals surface area contributed by atoms with E-state index in [9.17, 15) is 9.59 Å². The van der Waals surface area contributed by atoms with Gasteiger partial charge < -0.3 is 10.1 Å². The number of carbonyl (C=O) groups excluding carboxylic acids is 2. The van der Waals surface area contributed by atoms with Crippen LogP contribution in [-0.2, 0) is 22.5 Å². The maximum Gasteiger partial charge on any atom is 0.357 e. The molecule has 1 amide bonds. The number of hydrogen-bond acceptors (Lipinski definition) is 5. The first-order valence-corrected chi connectivity index (χ1v) is 7.49. The van der Waals surface area contributed by atoms with E-state index in [4.69, 9.17) is 4.74 Å². The molecule has 6 heteroatoms. The van der Waals surface area contributed by atoms with E-state index < -0.39 is 5.97 Å². The van der Waals surface area contributed by atoms with Crippen molar-refractivity contribution in [1.82, 2.24) is 10.3 Å². The van der Waals surface area contributed by atoms with Crippen molar-refractivity contribution in [1.29, 1.82) is 0 Å². The molecule has 0 unspecified atom stereocenters. The van der Waals surface area contributed by atoms with Crippen molar-refractivity contribution in [3.05, 3.63) is 52.0 Å². The number of benzene rings is 1. The summed E-state index contributed by atoms with van der Waals surface area (Å²) in [6.45, 7) is 2.53. The summed E-state index contributed by atoms with van der Waals surface area (Å²) in [5.41, 5.74) is 1.30. The monoisotopic (exact) mass is 304 g/mol.